The number of rotatable bonds is 4. The number of nitrogens with zero attached hydrogens (tertiary/aromatic N) is 3. The molecule has 1 aromatic carbocycles. The molecule has 0 radical (unpaired) electrons. The number of aromatic nitrogens is 2. The molecule has 8 nitrogen and oxygen atoms in total. The van der Waals surface area contributed by atoms with Crippen LogP contribution in [0.2, 0.25) is 5.02 Å². The van der Waals surface area contributed by atoms with Crippen LogP contribution in [0, 0.1) is 0 Å². The van der Waals surface area contributed by atoms with E-state index in [0.29, 0.717) is 10.7 Å². The van der Waals surface area contributed by atoms with Crippen LogP contribution in [0.3, 0.4) is 0 Å². The number of hydrogen-bond donors (Lipinski definition) is 2. The Kier molecular flexibility index (Phi) is 5.75. The summed E-state index contributed by atoms with van der Waals surface area (Å²) >= 11 is 5.96. The van der Waals surface area contributed by atoms with Crippen LogP contribution in [0.15, 0.2) is 30.3 Å². The van der Waals surface area contributed by atoms with Crippen LogP contribution in [0.1, 0.15) is 60.0 Å². The molecule has 1 saturated carbocycles. The van der Waals surface area contributed by atoms with E-state index in [2.05, 4.69) is 15.7 Å². The molecule has 164 valence electrons. The summed E-state index contributed by atoms with van der Waals surface area (Å²) in [6, 6.07) is 8.37. The van der Waals surface area contributed by atoms with Gasteiger partial charge in [-0.15, -0.1) is 0 Å². The molecule has 2 aromatic rings. The molecular weight excluding hydrogens is 418 g/mol. The van der Waals surface area contributed by atoms with E-state index in [-0.39, 0.29) is 35.8 Å². The number of anilines is 1. The Morgan fingerprint density at radius 2 is 1.94 bits per heavy atom. The normalized spacial score (nSPS) is 21.5. The standard InChI is InChI=1S/C22H26ClN5O3/c1-22(21(31)25-15-8-4-3-5-9-15)13-28-18(20(30)27(22)2)12-17(26-28)19(29)24-16-10-6-7-14(23)11-16/h6-7,10-12,15H,3-5,8-9,13H2,1-2H3,(H,24,29)(H,25,31)/t22-/m0/s1. The number of carbonyl (C=O) groups is 3. The van der Waals surface area contributed by atoms with Crippen LogP contribution in [0.4, 0.5) is 5.69 Å². The van der Waals surface area contributed by atoms with Gasteiger partial charge in [-0.3, -0.25) is 19.1 Å². The number of likely N-dealkylation sites (N-methyl/N-ethyl adjacent to an activating group) is 1. The molecule has 2 heterocycles. The summed E-state index contributed by atoms with van der Waals surface area (Å²) in [4.78, 5) is 40.2. The first-order chi connectivity index (χ1) is 14.8. The van der Waals surface area contributed by atoms with E-state index in [1.165, 1.54) is 22.1 Å². The van der Waals surface area contributed by atoms with Gasteiger partial charge in [0.25, 0.3) is 11.8 Å². The average molecular weight is 444 g/mol. The molecule has 1 atom stereocenters. The zero-order chi connectivity index (χ0) is 22.2. The van der Waals surface area contributed by atoms with Gasteiger partial charge in [0.15, 0.2) is 5.69 Å². The molecule has 1 aliphatic heterocycles. The summed E-state index contributed by atoms with van der Waals surface area (Å²) in [7, 11) is 1.62. The van der Waals surface area contributed by atoms with Gasteiger partial charge in [-0.1, -0.05) is 36.9 Å². The lowest BCUT2D eigenvalue weighted by Crippen LogP contribution is -2.63. The van der Waals surface area contributed by atoms with E-state index in [1.807, 2.05) is 0 Å². The lowest BCUT2D eigenvalue weighted by Gasteiger charge is -2.41. The molecule has 1 aromatic heterocycles. The Balaban J connectivity index is 1.53. The summed E-state index contributed by atoms with van der Waals surface area (Å²) in [5, 5.41) is 10.7. The number of carbonyl (C=O) groups excluding carboxylic acids is 3. The maximum Gasteiger partial charge on any atom is 0.276 e. The summed E-state index contributed by atoms with van der Waals surface area (Å²) in [5.41, 5.74) is -0.173. The monoisotopic (exact) mass is 443 g/mol. The van der Waals surface area contributed by atoms with Crippen molar-refractivity contribution in [3.63, 3.8) is 0 Å². The SMILES string of the molecule is CN1C(=O)c2cc(C(=O)Nc3cccc(Cl)c3)nn2C[C@@]1(C)C(=O)NC1CCCCC1. The van der Waals surface area contributed by atoms with Crippen LogP contribution in [0.5, 0.6) is 0 Å². The first-order valence-corrected chi connectivity index (χ1v) is 10.9. The van der Waals surface area contributed by atoms with E-state index in [1.54, 1.807) is 38.2 Å². The highest BCUT2D eigenvalue weighted by Crippen LogP contribution is 2.27. The molecule has 4 rings (SSSR count). The summed E-state index contributed by atoms with van der Waals surface area (Å²) in [5.74, 6) is -0.990. The topological polar surface area (TPSA) is 96.3 Å². The van der Waals surface area contributed by atoms with E-state index >= 15 is 0 Å². The van der Waals surface area contributed by atoms with Crippen LogP contribution < -0.4 is 10.6 Å². The maximum atomic E-state index is 13.1. The molecule has 31 heavy (non-hydrogen) atoms. The van der Waals surface area contributed by atoms with Gasteiger partial charge < -0.3 is 15.5 Å². The van der Waals surface area contributed by atoms with Crippen molar-refractivity contribution < 1.29 is 14.4 Å². The molecule has 0 saturated heterocycles. The van der Waals surface area contributed by atoms with Crippen molar-refractivity contribution in [1.29, 1.82) is 0 Å². The fourth-order valence-corrected chi connectivity index (χ4v) is 4.38. The molecule has 2 N–H and O–H groups in total. The van der Waals surface area contributed by atoms with Gasteiger partial charge in [-0.05, 0) is 38.0 Å². The Bertz CT molecular complexity index is 1030. The highest BCUT2D eigenvalue weighted by atomic mass is 35.5. The van der Waals surface area contributed by atoms with E-state index in [0.717, 1.165) is 25.7 Å². The largest absolute Gasteiger partial charge is 0.351 e. The number of amides is 3. The summed E-state index contributed by atoms with van der Waals surface area (Å²) in [6.07, 6.45) is 5.31. The second kappa shape index (κ2) is 8.34. The zero-order valence-electron chi connectivity index (χ0n) is 17.7. The smallest absolute Gasteiger partial charge is 0.276 e. The molecule has 0 unspecified atom stereocenters. The minimum absolute atomic E-state index is 0.105. The van der Waals surface area contributed by atoms with Gasteiger partial charge in [-0.2, -0.15) is 5.10 Å². The van der Waals surface area contributed by atoms with E-state index in [4.69, 9.17) is 11.6 Å². The van der Waals surface area contributed by atoms with Crippen LogP contribution >= 0.6 is 11.6 Å². The van der Waals surface area contributed by atoms with Crippen molar-refractivity contribution in [3.8, 4) is 0 Å². The van der Waals surface area contributed by atoms with E-state index < -0.39 is 11.4 Å². The Morgan fingerprint density at radius 1 is 1.19 bits per heavy atom. The van der Waals surface area contributed by atoms with Crippen molar-refractivity contribution >= 4 is 35.0 Å². The van der Waals surface area contributed by atoms with Crippen LogP contribution in [-0.2, 0) is 11.3 Å². The Labute approximate surface area is 185 Å². The lowest BCUT2D eigenvalue weighted by atomic mass is 9.92. The van der Waals surface area contributed by atoms with Gasteiger partial charge in [0.1, 0.15) is 11.2 Å². The van der Waals surface area contributed by atoms with Crippen molar-refractivity contribution in [1.82, 2.24) is 20.0 Å². The van der Waals surface area contributed by atoms with Gasteiger partial charge >= 0.3 is 0 Å². The molecule has 2 aliphatic rings. The Morgan fingerprint density at radius 3 is 2.65 bits per heavy atom. The first-order valence-electron chi connectivity index (χ1n) is 10.5. The number of halogens is 1. The van der Waals surface area contributed by atoms with Gasteiger partial charge in [0, 0.05) is 29.9 Å². The molecule has 1 aliphatic carbocycles. The minimum Gasteiger partial charge on any atom is -0.351 e. The number of fused-ring (bicyclic) bond motifs is 1. The first kappa shape index (κ1) is 21.4. The van der Waals surface area contributed by atoms with Gasteiger partial charge in [-0.25, -0.2) is 0 Å². The number of benzene rings is 1. The molecule has 3 amide bonds. The van der Waals surface area contributed by atoms with Crippen LogP contribution in [0.25, 0.3) is 0 Å². The Hall–Kier alpha value is -2.87. The fraction of sp³-hybridized carbons (Fsp3) is 0.455. The molecule has 1 fully saturated rings. The number of hydrogen-bond acceptors (Lipinski definition) is 4. The third-order valence-electron chi connectivity index (χ3n) is 6.25. The second-order valence-corrected chi connectivity index (χ2v) is 8.92. The highest BCUT2D eigenvalue weighted by molar-refractivity contribution is 6.31. The van der Waals surface area contributed by atoms with Crippen LogP contribution in [-0.4, -0.2) is 51.0 Å². The maximum absolute atomic E-state index is 13.1. The summed E-state index contributed by atoms with van der Waals surface area (Å²) in [6.45, 7) is 1.91. The second-order valence-electron chi connectivity index (χ2n) is 8.48. The predicted molar refractivity (Wildman–Crippen MR) is 117 cm³/mol. The quantitative estimate of drug-likeness (QED) is 0.758. The highest BCUT2D eigenvalue weighted by Gasteiger charge is 2.46. The molecule has 9 heteroatoms. The fourth-order valence-electron chi connectivity index (χ4n) is 4.19. The molecule has 0 bridgehead atoms. The van der Waals surface area contributed by atoms with Gasteiger partial charge in [0.05, 0.1) is 6.54 Å². The van der Waals surface area contributed by atoms with Crippen molar-refractivity contribution in [2.24, 2.45) is 0 Å². The third kappa shape index (κ3) is 4.17. The average Bonchev–Trinajstić information content (AvgIpc) is 3.17. The van der Waals surface area contributed by atoms with Gasteiger partial charge in [0.2, 0.25) is 5.91 Å². The zero-order valence-corrected chi connectivity index (χ0v) is 18.4. The van der Waals surface area contributed by atoms with Crippen molar-refractivity contribution in [3.05, 3.63) is 46.7 Å². The number of nitrogens with one attached hydrogen (secondary N) is 2. The minimum atomic E-state index is -1.09. The van der Waals surface area contributed by atoms with Crippen molar-refractivity contribution in [2.45, 2.75) is 57.2 Å². The molecular formula is C22H26ClN5O3. The molecule has 0 spiro atoms. The van der Waals surface area contributed by atoms with E-state index in [9.17, 15) is 14.4 Å². The lowest BCUT2D eigenvalue weighted by molar-refractivity contribution is -0.133. The predicted octanol–water partition coefficient (Wildman–Crippen LogP) is 3.08. The van der Waals surface area contributed by atoms with Crippen molar-refractivity contribution in [2.75, 3.05) is 12.4 Å². The third-order valence-corrected chi connectivity index (χ3v) is 6.48. The summed E-state index contributed by atoms with van der Waals surface area (Å²) < 4.78 is 1.45.